The highest BCUT2D eigenvalue weighted by Gasteiger charge is 2.38. The topological polar surface area (TPSA) is 32.3 Å². The number of nitrogens with one attached hydrogen (secondary N) is 1. The second kappa shape index (κ2) is 8.05. The Kier molecular flexibility index (Phi) is 5.35. The van der Waals surface area contributed by atoms with Gasteiger partial charge in [-0.05, 0) is 49.3 Å². The van der Waals surface area contributed by atoms with Gasteiger partial charge < -0.3 is 10.2 Å². The molecule has 3 atom stereocenters. The lowest BCUT2D eigenvalue weighted by atomic mass is 9.88. The SMILES string of the molecule is O=C(CC(Cc1ccccc1)c1ccccc1)N1C2CCNCC1CC2. The Balaban J connectivity index is 1.53. The first kappa shape index (κ1) is 17.3. The maximum atomic E-state index is 13.3. The molecule has 3 heteroatoms. The number of fused-ring (bicyclic) bond motifs is 2. The van der Waals surface area contributed by atoms with Crippen molar-refractivity contribution in [2.45, 2.75) is 50.1 Å². The molecule has 3 unspecified atom stereocenters. The summed E-state index contributed by atoms with van der Waals surface area (Å²) in [6, 6.07) is 21.9. The summed E-state index contributed by atoms with van der Waals surface area (Å²) >= 11 is 0. The predicted octanol–water partition coefficient (Wildman–Crippen LogP) is 3.76. The van der Waals surface area contributed by atoms with E-state index in [4.69, 9.17) is 0 Å². The number of hydrogen-bond donors (Lipinski definition) is 1. The van der Waals surface area contributed by atoms with Crippen LogP contribution in [0.2, 0.25) is 0 Å². The molecule has 136 valence electrons. The standard InChI is InChI=1S/C23H28N2O/c26-23(25-21-11-12-22(25)17-24-14-13-21)16-20(19-9-5-2-6-10-19)15-18-7-3-1-4-8-18/h1-10,20-22,24H,11-17H2. The van der Waals surface area contributed by atoms with Crippen molar-refractivity contribution in [1.29, 1.82) is 0 Å². The average Bonchev–Trinajstić information content (AvgIpc) is 2.95. The molecule has 1 N–H and O–H groups in total. The molecule has 0 spiro atoms. The summed E-state index contributed by atoms with van der Waals surface area (Å²) in [5, 5.41) is 3.49. The molecule has 2 aliphatic rings. The zero-order valence-corrected chi connectivity index (χ0v) is 15.3. The second-order valence-electron chi connectivity index (χ2n) is 7.68. The van der Waals surface area contributed by atoms with Crippen molar-refractivity contribution in [2.24, 2.45) is 0 Å². The summed E-state index contributed by atoms with van der Waals surface area (Å²) in [4.78, 5) is 15.5. The molecule has 1 amide bonds. The van der Waals surface area contributed by atoms with Crippen LogP contribution in [0.4, 0.5) is 0 Å². The fourth-order valence-corrected chi connectivity index (χ4v) is 4.64. The normalized spacial score (nSPS) is 23.5. The Morgan fingerprint density at radius 3 is 2.42 bits per heavy atom. The van der Waals surface area contributed by atoms with Crippen LogP contribution in [0, 0.1) is 0 Å². The van der Waals surface area contributed by atoms with E-state index in [1.54, 1.807) is 0 Å². The van der Waals surface area contributed by atoms with Crippen LogP contribution in [0.3, 0.4) is 0 Å². The fourth-order valence-electron chi connectivity index (χ4n) is 4.64. The van der Waals surface area contributed by atoms with Crippen LogP contribution in [-0.2, 0) is 11.2 Å². The van der Waals surface area contributed by atoms with Gasteiger partial charge in [-0.15, -0.1) is 0 Å². The van der Waals surface area contributed by atoms with Gasteiger partial charge in [0.2, 0.25) is 5.91 Å². The number of hydrogen-bond acceptors (Lipinski definition) is 2. The highest BCUT2D eigenvalue weighted by atomic mass is 16.2. The van der Waals surface area contributed by atoms with E-state index in [1.165, 1.54) is 17.5 Å². The van der Waals surface area contributed by atoms with Gasteiger partial charge in [-0.3, -0.25) is 4.79 Å². The highest BCUT2D eigenvalue weighted by molar-refractivity contribution is 5.78. The van der Waals surface area contributed by atoms with Gasteiger partial charge in [0.05, 0.1) is 0 Å². The first-order valence-corrected chi connectivity index (χ1v) is 9.92. The van der Waals surface area contributed by atoms with Gasteiger partial charge in [-0.2, -0.15) is 0 Å². The third kappa shape index (κ3) is 3.83. The van der Waals surface area contributed by atoms with E-state index in [0.717, 1.165) is 32.4 Å². The van der Waals surface area contributed by atoms with Gasteiger partial charge in [0.1, 0.15) is 0 Å². The smallest absolute Gasteiger partial charge is 0.223 e. The minimum absolute atomic E-state index is 0.238. The maximum absolute atomic E-state index is 13.3. The molecule has 0 radical (unpaired) electrons. The van der Waals surface area contributed by atoms with Gasteiger partial charge in [0.25, 0.3) is 0 Å². The predicted molar refractivity (Wildman–Crippen MR) is 105 cm³/mol. The molecular formula is C23H28N2O. The summed E-state index contributed by atoms with van der Waals surface area (Å²) in [5.74, 6) is 0.577. The average molecular weight is 348 g/mol. The van der Waals surface area contributed by atoms with Crippen LogP contribution in [0.25, 0.3) is 0 Å². The largest absolute Gasteiger partial charge is 0.335 e. The Morgan fingerprint density at radius 2 is 1.65 bits per heavy atom. The van der Waals surface area contributed by atoms with Crippen molar-refractivity contribution in [3.63, 3.8) is 0 Å². The molecule has 2 saturated heterocycles. The van der Waals surface area contributed by atoms with Gasteiger partial charge in [-0.1, -0.05) is 60.7 Å². The number of rotatable bonds is 5. The molecule has 4 rings (SSSR count). The second-order valence-corrected chi connectivity index (χ2v) is 7.68. The summed E-state index contributed by atoms with van der Waals surface area (Å²) < 4.78 is 0. The molecule has 0 aliphatic carbocycles. The number of carbonyl (C=O) groups is 1. The van der Waals surface area contributed by atoms with Crippen LogP contribution >= 0.6 is 0 Å². The lowest BCUT2D eigenvalue weighted by Gasteiger charge is -2.30. The summed E-state index contributed by atoms with van der Waals surface area (Å²) in [6.07, 6.45) is 4.94. The molecule has 0 saturated carbocycles. The summed E-state index contributed by atoms with van der Waals surface area (Å²) in [5.41, 5.74) is 2.57. The zero-order chi connectivity index (χ0) is 17.8. The van der Waals surface area contributed by atoms with Gasteiger partial charge >= 0.3 is 0 Å². The quantitative estimate of drug-likeness (QED) is 0.892. The summed E-state index contributed by atoms with van der Waals surface area (Å²) in [6.45, 7) is 1.99. The van der Waals surface area contributed by atoms with Crippen molar-refractivity contribution in [3.05, 3.63) is 71.8 Å². The molecule has 2 aromatic carbocycles. The fraction of sp³-hybridized carbons (Fsp3) is 0.435. The number of carbonyl (C=O) groups excluding carboxylic acids is 1. The van der Waals surface area contributed by atoms with E-state index in [2.05, 4.69) is 58.7 Å². The number of benzene rings is 2. The van der Waals surface area contributed by atoms with E-state index in [0.29, 0.717) is 24.4 Å². The van der Waals surface area contributed by atoms with Crippen molar-refractivity contribution in [1.82, 2.24) is 10.2 Å². The van der Waals surface area contributed by atoms with Crippen LogP contribution in [-0.4, -0.2) is 36.0 Å². The van der Waals surface area contributed by atoms with Crippen LogP contribution in [0.5, 0.6) is 0 Å². The van der Waals surface area contributed by atoms with Gasteiger partial charge in [0, 0.05) is 25.0 Å². The molecule has 2 fully saturated rings. The summed E-state index contributed by atoms with van der Waals surface area (Å²) in [7, 11) is 0. The van der Waals surface area contributed by atoms with E-state index >= 15 is 0 Å². The van der Waals surface area contributed by atoms with Crippen molar-refractivity contribution in [3.8, 4) is 0 Å². The molecule has 2 aliphatic heterocycles. The van der Waals surface area contributed by atoms with Crippen LogP contribution in [0.15, 0.2) is 60.7 Å². The number of amides is 1. The van der Waals surface area contributed by atoms with Crippen molar-refractivity contribution < 1.29 is 4.79 Å². The molecule has 26 heavy (non-hydrogen) atoms. The first-order valence-electron chi connectivity index (χ1n) is 9.92. The van der Waals surface area contributed by atoms with Crippen LogP contribution in [0.1, 0.15) is 42.7 Å². The Morgan fingerprint density at radius 1 is 0.962 bits per heavy atom. The Labute approximate surface area is 156 Å². The first-order chi connectivity index (χ1) is 12.8. The maximum Gasteiger partial charge on any atom is 0.223 e. The molecule has 2 heterocycles. The molecule has 3 nitrogen and oxygen atoms in total. The van der Waals surface area contributed by atoms with Crippen molar-refractivity contribution >= 4 is 5.91 Å². The van der Waals surface area contributed by atoms with Gasteiger partial charge in [-0.25, -0.2) is 0 Å². The van der Waals surface area contributed by atoms with E-state index in [1.807, 2.05) is 12.1 Å². The third-order valence-corrected chi connectivity index (χ3v) is 5.96. The molecular weight excluding hydrogens is 320 g/mol. The molecule has 0 aromatic heterocycles. The van der Waals surface area contributed by atoms with E-state index in [9.17, 15) is 4.79 Å². The minimum atomic E-state index is 0.238. The Hall–Kier alpha value is -2.13. The van der Waals surface area contributed by atoms with Gasteiger partial charge in [0.15, 0.2) is 0 Å². The Bertz CT molecular complexity index is 702. The highest BCUT2D eigenvalue weighted by Crippen LogP contribution is 2.32. The molecule has 2 bridgehead atoms. The monoisotopic (exact) mass is 348 g/mol. The third-order valence-electron chi connectivity index (χ3n) is 5.96. The lowest BCUT2D eigenvalue weighted by molar-refractivity contribution is -0.134. The number of nitrogens with zero attached hydrogens (tertiary/aromatic N) is 1. The minimum Gasteiger partial charge on any atom is -0.335 e. The van der Waals surface area contributed by atoms with Crippen LogP contribution < -0.4 is 5.32 Å². The zero-order valence-electron chi connectivity index (χ0n) is 15.3. The molecule has 2 aromatic rings. The lowest BCUT2D eigenvalue weighted by Crippen LogP contribution is -2.43. The van der Waals surface area contributed by atoms with Crippen molar-refractivity contribution in [2.75, 3.05) is 13.1 Å². The van der Waals surface area contributed by atoms with E-state index < -0.39 is 0 Å². The van der Waals surface area contributed by atoms with E-state index in [-0.39, 0.29) is 5.92 Å².